The zero-order valence-corrected chi connectivity index (χ0v) is 13.2. The summed E-state index contributed by atoms with van der Waals surface area (Å²) in [5, 5.41) is 9.46. The Morgan fingerprint density at radius 2 is 2.10 bits per heavy atom. The fraction of sp³-hybridized carbons (Fsp3) is 0.375. The largest absolute Gasteiger partial charge is 0.390 e. The van der Waals surface area contributed by atoms with Crippen molar-refractivity contribution < 1.29 is 4.84 Å². The van der Waals surface area contributed by atoms with Crippen LogP contribution in [0.4, 0.5) is 0 Å². The van der Waals surface area contributed by atoms with Gasteiger partial charge in [0.05, 0.1) is 18.0 Å². The topological polar surface area (TPSA) is 39.4 Å². The van der Waals surface area contributed by atoms with E-state index in [-0.39, 0.29) is 6.10 Å². The number of aryl methyl sites for hydroxylation is 3. The van der Waals surface area contributed by atoms with Crippen molar-refractivity contribution in [2.45, 2.75) is 39.8 Å². The highest BCUT2D eigenvalue weighted by Gasteiger charge is 2.24. The Kier molecular flexibility index (Phi) is 3.72. The molecule has 0 N–H and O–H groups in total. The van der Waals surface area contributed by atoms with Crippen LogP contribution in [0.15, 0.2) is 29.4 Å². The Balaban J connectivity index is 1.71. The van der Waals surface area contributed by atoms with Crippen molar-refractivity contribution in [1.82, 2.24) is 9.78 Å². The second-order valence-electron chi connectivity index (χ2n) is 5.54. The summed E-state index contributed by atoms with van der Waals surface area (Å²) in [6, 6.07) is 7.92. The minimum Gasteiger partial charge on any atom is -0.390 e. The van der Waals surface area contributed by atoms with Gasteiger partial charge in [-0.2, -0.15) is 5.10 Å². The number of benzene rings is 1. The van der Waals surface area contributed by atoms with Crippen LogP contribution >= 0.6 is 11.6 Å². The summed E-state index contributed by atoms with van der Waals surface area (Å²) < 4.78 is 1.98. The fourth-order valence-corrected chi connectivity index (χ4v) is 2.92. The number of aromatic nitrogens is 2. The molecule has 0 saturated heterocycles. The molecule has 2 aromatic rings. The standard InChI is InChI=1S/C16H18ClN3O/c1-10-6-13(17)4-5-15(10)16-8-14(21-19-16)9-20-12(3)7-11(2)18-20/h4-7,14H,8-9H2,1-3H3/t14-/m1/s1. The Bertz CT molecular complexity index is 706. The lowest BCUT2D eigenvalue weighted by Crippen LogP contribution is -2.18. The predicted molar refractivity (Wildman–Crippen MR) is 83.9 cm³/mol. The fourth-order valence-electron chi connectivity index (χ4n) is 2.69. The van der Waals surface area contributed by atoms with Crippen LogP contribution in [0.5, 0.6) is 0 Å². The van der Waals surface area contributed by atoms with Crippen molar-refractivity contribution in [3.8, 4) is 0 Å². The van der Waals surface area contributed by atoms with E-state index in [2.05, 4.69) is 23.2 Å². The molecule has 0 saturated carbocycles. The summed E-state index contributed by atoms with van der Waals surface area (Å²) in [5.74, 6) is 0. The Morgan fingerprint density at radius 3 is 2.76 bits per heavy atom. The third-order valence-electron chi connectivity index (χ3n) is 3.71. The van der Waals surface area contributed by atoms with Gasteiger partial charge in [0.1, 0.15) is 0 Å². The molecule has 0 amide bonds. The molecule has 110 valence electrons. The van der Waals surface area contributed by atoms with Crippen LogP contribution in [0, 0.1) is 20.8 Å². The van der Waals surface area contributed by atoms with Gasteiger partial charge in [-0.15, -0.1) is 0 Å². The molecule has 1 aromatic heterocycles. The zero-order chi connectivity index (χ0) is 15.0. The van der Waals surface area contributed by atoms with Gasteiger partial charge >= 0.3 is 0 Å². The van der Waals surface area contributed by atoms with Gasteiger partial charge < -0.3 is 4.84 Å². The molecule has 0 radical (unpaired) electrons. The third kappa shape index (κ3) is 2.95. The lowest BCUT2D eigenvalue weighted by atomic mass is 10.0. The number of hydrogen-bond acceptors (Lipinski definition) is 3. The first-order chi connectivity index (χ1) is 10.0. The third-order valence-corrected chi connectivity index (χ3v) is 3.95. The van der Waals surface area contributed by atoms with Gasteiger partial charge in [-0.3, -0.25) is 4.68 Å². The van der Waals surface area contributed by atoms with E-state index in [1.807, 2.05) is 36.7 Å². The van der Waals surface area contributed by atoms with E-state index in [1.54, 1.807) is 0 Å². The molecule has 1 aliphatic rings. The molecule has 1 atom stereocenters. The van der Waals surface area contributed by atoms with Crippen LogP contribution in [0.3, 0.4) is 0 Å². The SMILES string of the molecule is Cc1cc(C)n(C[C@H]2CC(c3ccc(Cl)cc3C)=NO2)n1. The average Bonchev–Trinajstić information content (AvgIpc) is 2.97. The van der Waals surface area contributed by atoms with Crippen LogP contribution in [-0.2, 0) is 11.4 Å². The Morgan fingerprint density at radius 1 is 1.29 bits per heavy atom. The van der Waals surface area contributed by atoms with Gasteiger partial charge in [0.2, 0.25) is 0 Å². The Hall–Kier alpha value is -1.81. The first-order valence-corrected chi connectivity index (χ1v) is 7.41. The highest BCUT2D eigenvalue weighted by atomic mass is 35.5. The van der Waals surface area contributed by atoms with E-state index in [0.29, 0.717) is 0 Å². The van der Waals surface area contributed by atoms with E-state index < -0.39 is 0 Å². The summed E-state index contributed by atoms with van der Waals surface area (Å²) >= 11 is 6.00. The molecule has 1 aromatic carbocycles. The van der Waals surface area contributed by atoms with Crippen molar-refractivity contribution in [2.75, 3.05) is 0 Å². The first-order valence-electron chi connectivity index (χ1n) is 7.03. The lowest BCUT2D eigenvalue weighted by Gasteiger charge is -2.10. The zero-order valence-electron chi connectivity index (χ0n) is 12.4. The Labute approximate surface area is 129 Å². The van der Waals surface area contributed by atoms with Gasteiger partial charge in [0, 0.05) is 22.7 Å². The van der Waals surface area contributed by atoms with E-state index in [9.17, 15) is 0 Å². The normalized spacial score (nSPS) is 17.7. The van der Waals surface area contributed by atoms with E-state index >= 15 is 0 Å². The maximum Gasteiger partial charge on any atom is 0.152 e. The smallest absolute Gasteiger partial charge is 0.152 e. The average molecular weight is 304 g/mol. The summed E-state index contributed by atoms with van der Waals surface area (Å²) in [6.45, 7) is 6.81. The van der Waals surface area contributed by atoms with Gasteiger partial charge in [-0.05, 0) is 44.5 Å². The number of rotatable bonds is 3. The van der Waals surface area contributed by atoms with Crippen molar-refractivity contribution in [3.05, 3.63) is 51.8 Å². The number of hydrogen-bond donors (Lipinski definition) is 0. The molecule has 4 nitrogen and oxygen atoms in total. The number of oxime groups is 1. The molecule has 5 heteroatoms. The maximum atomic E-state index is 6.00. The minimum absolute atomic E-state index is 0.0353. The van der Waals surface area contributed by atoms with Gasteiger partial charge in [0.25, 0.3) is 0 Å². The molecule has 2 heterocycles. The molecule has 0 bridgehead atoms. The van der Waals surface area contributed by atoms with Crippen molar-refractivity contribution in [2.24, 2.45) is 5.16 Å². The molecule has 0 fully saturated rings. The van der Waals surface area contributed by atoms with Gasteiger partial charge in [0.15, 0.2) is 6.10 Å². The second kappa shape index (κ2) is 5.53. The molecule has 21 heavy (non-hydrogen) atoms. The van der Waals surface area contributed by atoms with Crippen LogP contribution in [0.1, 0.15) is 28.9 Å². The first kappa shape index (κ1) is 14.1. The lowest BCUT2D eigenvalue weighted by molar-refractivity contribution is 0.0692. The summed E-state index contributed by atoms with van der Waals surface area (Å²) in [5.41, 5.74) is 5.38. The molecule has 1 aliphatic heterocycles. The van der Waals surface area contributed by atoms with Crippen molar-refractivity contribution in [3.63, 3.8) is 0 Å². The summed E-state index contributed by atoms with van der Waals surface area (Å²) in [7, 11) is 0. The molecular formula is C16H18ClN3O. The molecule has 0 unspecified atom stereocenters. The second-order valence-corrected chi connectivity index (χ2v) is 5.97. The predicted octanol–water partition coefficient (Wildman–Crippen LogP) is 3.65. The van der Waals surface area contributed by atoms with Crippen LogP contribution in [0.2, 0.25) is 5.02 Å². The monoisotopic (exact) mass is 303 g/mol. The van der Waals surface area contributed by atoms with Crippen LogP contribution < -0.4 is 0 Å². The van der Waals surface area contributed by atoms with Crippen molar-refractivity contribution >= 4 is 17.3 Å². The maximum absolute atomic E-state index is 6.00. The molecule has 0 spiro atoms. The number of halogens is 1. The van der Waals surface area contributed by atoms with E-state index in [0.717, 1.165) is 46.2 Å². The summed E-state index contributed by atoms with van der Waals surface area (Å²) in [4.78, 5) is 5.57. The van der Waals surface area contributed by atoms with Crippen LogP contribution in [0.25, 0.3) is 0 Å². The summed E-state index contributed by atoms with van der Waals surface area (Å²) in [6.07, 6.45) is 0.828. The van der Waals surface area contributed by atoms with Gasteiger partial charge in [-0.1, -0.05) is 22.8 Å². The highest BCUT2D eigenvalue weighted by molar-refractivity contribution is 6.30. The molecule has 0 aliphatic carbocycles. The van der Waals surface area contributed by atoms with E-state index in [1.165, 1.54) is 0 Å². The molecule has 3 rings (SSSR count). The molecular weight excluding hydrogens is 286 g/mol. The minimum atomic E-state index is 0.0353. The van der Waals surface area contributed by atoms with Crippen molar-refractivity contribution in [1.29, 1.82) is 0 Å². The highest BCUT2D eigenvalue weighted by Crippen LogP contribution is 2.23. The van der Waals surface area contributed by atoms with Gasteiger partial charge in [-0.25, -0.2) is 0 Å². The quantitative estimate of drug-likeness (QED) is 0.868. The van der Waals surface area contributed by atoms with E-state index in [4.69, 9.17) is 16.4 Å². The number of nitrogens with zero attached hydrogens (tertiary/aromatic N) is 3. The van der Waals surface area contributed by atoms with Crippen LogP contribution in [-0.4, -0.2) is 21.6 Å².